The topological polar surface area (TPSA) is 84.2 Å². The fourth-order valence-corrected chi connectivity index (χ4v) is 3.48. The van der Waals surface area contributed by atoms with Crippen molar-refractivity contribution < 1.29 is 4.79 Å². The Kier molecular flexibility index (Phi) is 4.38. The van der Waals surface area contributed by atoms with Gasteiger partial charge >= 0.3 is 0 Å². The van der Waals surface area contributed by atoms with Gasteiger partial charge in [-0.15, -0.1) is 5.10 Å². The lowest BCUT2D eigenvalue weighted by Gasteiger charge is -2.09. The van der Waals surface area contributed by atoms with Crippen LogP contribution in [0.2, 0.25) is 0 Å². The summed E-state index contributed by atoms with van der Waals surface area (Å²) >= 11 is 0. The summed E-state index contributed by atoms with van der Waals surface area (Å²) in [5, 5.41) is 10.6. The molecule has 26 heavy (non-hydrogen) atoms. The smallest absolute Gasteiger partial charge is 0.258 e. The average Bonchev–Trinajstić information content (AvgIpc) is 3.24. The number of pyridine rings is 1. The van der Waals surface area contributed by atoms with Gasteiger partial charge in [0, 0.05) is 29.8 Å². The molecule has 4 heterocycles. The Morgan fingerprint density at radius 2 is 2.19 bits per heavy atom. The molecule has 1 atom stereocenters. The van der Waals surface area contributed by atoms with Gasteiger partial charge in [-0.3, -0.25) is 9.78 Å². The zero-order valence-corrected chi connectivity index (χ0v) is 15.0. The Bertz CT molecular complexity index is 958. The quantitative estimate of drug-likeness (QED) is 0.753. The standard InChI is InChI=1S/C19H22N6O/c1-12-5-13(2)25-18(22-12)8-17(24-25)23-19(26)16-7-15(10-21-11-16)6-14-3-4-20-9-14/h5,7-8,10-11,14,20H,3-4,6,9H2,1-2H3,(H,23,24,26). The van der Waals surface area contributed by atoms with E-state index in [1.165, 1.54) is 6.42 Å². The van der Waals surface area contributed by atoms with Crippen molar-refractivity contribution in [2.24, 2.45) is 5.92 Å². The maximum absolute atomic E-state index is 12.6. The van der Waals surface area contributed by atoms with Crippen molar-refractivity contribution in [2.45, 2.75) is 26.7 Å². The molecule has 1 amide bonds. The van der Waals surface area contributed by atoms with Gasteiger partial charge in [0.1, 0.15) is 0 Å². The monoisotopic (exact) mass is 350 g/mol. The van der Waals surface area contributed by atoms with Crippen molar-refractivity contribution in [3.63, 3.8) is 0 Å². The van der Waals surface area contributed by atoms with Crippen LogP contribution in [0.25, 0.3) is 5.65 Å². The number of aryl methyl sites for hydroxylation is 2. The van der Waals surface area contributed by atoms with Crippen LogP contribution in [-0.2, 0) is 6.42 Å². The molecule has 2 N–H and O–H groups in total. The number of carbonyl (C=O) groups excluding carboxylic acids is 1. The van der Waals surface area contributed by atoms with Crippen molar-refractivity contribution in [2.75, 3.05) is 18.4 Å². The first kappa shape index (κ1) is 16.7. The van der Waals surface area contributed by atoms with Crippen LogP contribution >= 0.6 is 0 Å². The van der Waals surface area contributed by atoms with Gasteiger partial charge in [-0.2, -0.15) is 0 Å². The van der Waals surface area contributed by atoms with Crippen molar-refractivity contribution in [1.29, 1.82) is 0 Å². The molecule has 0 radical (unpaired) electrons. The van der Waals surface area contributed by atoms with Gasteiger partial charge in [-0.05, 0) is 63.4 Å². The molecule has 1 unspecified atom stereocenters. The first-order valence-corrected chi connectivity index (χ1v) is 8.88. The highest BCUT2D eigenvalue weighted by atomic mass is 16.1. The molecule has 3 aromatic heterocycles. The van der Waals surface area contributed by atoms with Gasteiger partial charge in [0.15, 0.2) is 11.5 Å². The lowest BCUT2D eigenvalue weighted by atomic mass is 9.99. The first-order chi connectivity index (χ1) is 12.6. The van der Waals surface area contributed by atoms with Crippen LogP contribution in [0.5, 0.6) is 0 Å². The maximum atomic E-state index is 12.6. The third kappa shape index (κ3) is 3.43. The Labute approximate surface area is 151 Å². The molecule has 7 heteroatoms. The molecule has 1 saturated heterocycles. The molecule has 3 aromatic rings. The number of hydrogen-bond acceptors (Lipinski definition) is 5. The highest BCUT2D eigenvalue weighted by molar-refractivity contribution is 6.03. The predicted octanol–water partition coefficient (Wildman–Crippen LogP) is 2.15. The number of amides is 1. The lowest BCUT2D eigenvalue weighted by molar-refractivity contribution is 0.102. The van der Waals surface area contributed by atoms with Crippen molar-refractivity contribution in [3.8, 4) is 0 Å². The summed E-state index contributed by atoms with van der Waals surface area (Å²) in [4.78, 5) is 21.3. The van der Waals surface area contributed by atoms with Crippen LogP contribution in [0.15, 0.2) is 30.6 Å². The molecule has 0 saturated carbocycles. The van der Waals surface area contributed by atoms with E-state index in [-0.39, 0.29) is 5.91 Å². The molecule has 0 spiro atoms. The van der Waals surface area contributed by atoms with E-state index in [0.717, 1.165) is 42.1 Å². The van der Waals surface area contributed by atoms with Crippen molar-refractivity contribution in [1.82, 2.24) is 24.9 Å². The van der Waals surface area contributed by atoms with Crippen LogP contribution in [0.3, 0.4) is 0 Å². The van der Waals surface area contributed by atoms with Gasteiger partial charge < -0.3 is 10.6 Å². The van der Waals surface area contributed by atoms with Crippen LogP contribution in [-0.4, -0.2) is 38.6 Å². The number of rotatable bonds is 4. The van der Waals surface area contributed by atoms with E-state index in [9.17, 15) is 4.79 Å². The normalized spacial score (nSPS) is 16.9. The molecule has 1 aliphatic rings. The SMILES string of the molecule is Cc1cc(C)n2nc(NC(=O)c3cncc(CC4CCNC4)c3)cc2n1. The average molecular weight is 350 g/mol. The van der Waals surface area contributed by atoms with Crippen molar-refractivity contribution >= 4 is 17.4 Å². The van der Waals surface area contributed by atoms with Gasteiger partial charge in [0.05, 0.1) is 5.56 Å². The second kappa shape index (κ2) is 6.84. The number of anilines is 1. The molecule has 1 fully saturated rings. The van der Waals surface area contributed by atoms with Crippen LogP contribution < -0.4 is 10.6 Å². The minimum absolute atomic E-state index is 0.207. The lowest BCUT2D eigenvalue weighted by Crippen LogP contribution is -2.14. The second-order valence-electron chi connectivity index (χ2n) is 6.94. The highest BCUT2D eigenvalue weighted by Gasteiger charge is 2.16. The Hall–Kier alpha value is -2.80. The number of fused-ring (bicyclic) bond motifs is 1. The van der Waals surface area contributed by atoms with Crippen molar-refractivity contribution in [3.05, 3.63) is 53.1 Å². The fraction of sp³-hybridized carbons (Fsp3) is 0.368. The molecule has 0 bridgehead atoms. The Balaban J connectivity index is 1.52. The third-order valence-electron chi connectivity index (χ3n) is 4.72. The first-order valence-electron chi connectivity index (χ1n) is 8.88. The summed E-state index contributed by atoms with van der Waals surface area (Å²) in [5.41, 5.74) is 4.26. The summed E-state index contributed by atoms with van der Waals surface area (Å²) < 4.78 is 1.73. The van der Waals surface area contributed by atoms with E-state index in [1.54, 1.807) is 16.8 Å². The Morgan fingerprint density at radius 1 is 1.31 bits per heavy atom. The number of nitrogens with zero attached hydrogens (tertiary/aromatic N) is 4. The maximum Gasteiger partial charge on any atom is 0.258 e. The van der Waals surface area contributed by atoms with Gasteiger partial charge in [0.2, 0.25) is 0 Å². The van der Waals surface area contributed by atoms with E-state index >= 15 is 0 Å². The molecule has 1 aliphatic heterocycles. The number of nitrogens with one attached hydrogen (secondary N) is 2. The number of aromatic nitrogens is 4. The van der Waals surface area contributed by atoms with Crippen LogP contribution in [0.4, 0.5) is 5.82 Å². The van der Waals surface area contributed by atoms with E-state index in [1.807, 2.05) is 32.2 Å². The van der Waals surface area contributed by atoms with E-state index < -0.39 is 0 Å². The number of hydrogen-bond donors (Lipinski definition) is 2. The van der Waals surface area contributed by atoms with Crippen LogP contribution in [0, 0.1) is 19.8 Å². The molecular formula is C19H22N6O. The van der Waals surface area contributed by atoms with Gasteiger partial charge in [-0.25, -0.2) is 9.50 Å². The number of carbonyl (C=O) groups is 1. The van der Waals surface area contributed by atoms with E-state index in [0.29, 0.717) is 17.3 Å². The molecule has 0 aromatic carbocycles. The minimum atomic E-state index is -0.207. The van der Waals surface area contributed by atoms with Gasteiger partial charge in [-0.1, -0.05) is 0 Å². The molecular weight excluding hydrogens is 328 g/mol. The highest BCUT2D eigenvalue weighted by Crippen LogP contribution is 2.17. The summed E-state index contributed by atoms with van der Waals surface area (Å²) in [7, 11) is 0. The minimum Gasteiger partial charge on any atom is -0.316 e. The fourth-order valence-electron chi connectivity index (χ4n) is 3.48. The second-order valence-corrected chi connectivity index (χ2v) is 6.94. The zero-order valence-electron chi connectivity index (χ0n) is 15.0. The zero-order chi connectivity index (χ0) is 18.1. The predicted molar refractivity (Wildman–Crippen MR) is 99.3 cm³/mol. The molecule has 4 rings (SSSR count). The molecule has 7 nitrogen and oxygen atoms in total. The summed E-state index contributed by atoms with van der Waals surface area (Å²) in [6, 6.07) is 5.65. The summed E-state index contributed by atoms with van der Waals surface area (Å²) in [6.07, 6.45) is 5.55. The Morgan fingerprint density at radius 3 is 3.00 bits per heavy atom. The summed E-state index contributed by atoms with van der Waals surface area (Å²) in [6.45, 7) is 6.00. The van der Waals surface area contributed by atoms with Crippen LogP contribution in [0.1, 0.15) is 33.7 Å². The third-order valence-corrected chi connectivity index (χ3v) is 4.72. The van der Waals surface area contributed by atoms with Gasteiger partial charge in [0.25, 0.3) is 5.91 Å². The van der Waals surface area contributed by atoms with E-state index in [4.69, 9.17) is 0 Å². The van der Waals surface area contributed by atoms with E-state index in [2.05, 4.69) is 25.7 Å². The largest absolute Gasteiger partial charge is 0.316 e. The molecule has 0 aliphatic carbocycles. The molecule has 134 valence electrons. The summed E-state index contributed by atoms with van der Waals surface area (Å²) in [5.74, 6) is 0.897.